The van der Waals surface area contributed by atoms with Crippen LogP contribution in [0.1, 0.15) is 27.8 Å². The molecule has 184 valence electrons. The number of anilines is 1. The van der Waals surface area contributed by atoms with Crippen LogP contribution in [0.25, 0.3) is 10.8 Å². The Labute approximate surface area is 217 Å². The SMILES string of the molecule is COc1ccc(CNC(=O)[C@H](c2ccccn2)N(C(=O)c2csnn2)c2cccc3ccccc23)cc1. The number of nitrogens with zero attached hydrogens (tertiary/aromatic N) is 4. The van der Waals surface area contributed by atoms with E-state index in [1.54, 1.807) is 36.9 Å². The van der Waals surface area contributed by atoms with E-state index in [0.29, 0.717) is 11.4 Å². The third-order valence-corrected chi connectivity index (χ3v) is 6.43. The first-order valence-corrected chi connectivity index (χ1v) is 12.4. The van der Waals surface area contributed by atoms with Gasteiger partial charge in [-0.1, -0.05) is 59.1 Å². The predicted octanol–water partition coefficient (Wildman–Crippen LogP) is 4.80. The van der Waals surface area contributed by atoms with E-state index in [-0.39, 0.29) is 18.1 Å². The fourth-order valence-electron chi connectivity index (χ4n) is 4.12. The smallest absolute Gasteiger partial charge is 0.280 e. The molecule has 0 bridgehead atoms. The van der Waals surface area contributed by atoms with E-state index in [0.717, 1.165) is 33.6 Å². The molecule has 8 nitrogen and oxygen atoms in total. The van der Waals surface area contributed by atoms with Crippen molar-refractivity contribution >= 4 is 39.8 Å². The molecule has 5 rings (SSSR count). The van der Waals surface area contributed by atoms with Crippen LogP contribution in [0.15, 0.2) is 96.5 Å². The second-order valence-electron chi connectivity index (χ2n) is 8.19. The number of rotatable bonds is 8. The van der Waals surface area contributed by atoms with Crippen molar-refractivity contribution in [2.75, 3.05) is 12.0 Å². The third-order valence-electron chi connectivity index (χ3n) is 5.92. The molecule has 0 fully saturated rings. The van der Waals surface area contributed by atoms with Crippen molar-refractivity contribution in [3.8, 4) is 5.75 Å². The molecule has 1 N–H and O–H groups in total. The summed E-state index contributed by atoms with van der Waals surface area (Å²) in [5, 5.41) is 10.3. The number of hydrogen-bond donors (Lipinski definition) is 1. The monoisotopic (exact) mass is 509 g/mol. The van der Waals surface area contributed by atoms with Gasteiger partial charge in [0.05, 0.1) is 18.5 Å². The van der Waals surface area contributed by atoms with Gasteiger partial charge in [0, 0.05) is 23.5 Å². The van der Waals surface area contributed by atoms with Gasteiger partial charge in [-0.05, 0) is 52.8 Å². The summed E-state index contributed by atoms with van der Waals surface area (Å²) in [6.45, 7) is 0.266. The number of benzene rings is 3. The molecule has 0 aliphatic heterocycles. The van der Waals surface area contributed by atoms with Gasteiger partial charge in [0.15, 0.2) is 11.7 Å². The zero-order chi connectivity index (χ0) is 25.6. The van der Waals surface area contributed by atoms with Crippen LogP contribution >= 0.6 is 11.5 Å². The lowest BCUT2D eigenvalue weighted by Gasteiger charge is -2.31. The minimum atomic E-state index is -1.06. The molecule has 0 saturated heterocycles. The van der Waals surface area contributed by atoms with E-state index in [9.17, 15) is 9.59 Å². The number of hydrogen-bond acceptors (Lipinski definition) is 7. The van der Waals surface area contributed by atoms with Crippen LogP contribution in [0.5, 0.6) is 5.75 Å². The summed E-state index contributed by atoms with van der Waals surface area (Å²) in [6, 6.07) is 25.0. The molecule has 0 aliphatic carbocycles. The maximum absolute atomic E-state index is 13.9. The van der Waals surface area contributed by atoms with Gasteiger partial charge in [-0.3, -0.25) is 19.5 Å². The number of carbonyl (C=O) groups is 2. The molecule has 0 aliphatic rings. The molecule has 0 saturated carbocycles. The number of aromatic nitrogens is 3. The minimum absolute atomic E-state index is 0.154. The molecule has 37 heavy (non-hydrogen) atoms. The van der Waals surface area contributed by atoms with Crippen LogP contribution in [0, 0.1) is 0 Å². The Morgan fingerprint density at radius 2 is 1.76 bits per heavy atom. The summed E-state index contributed by atoms with van der Waals surface area (Å²) in [6.07, 6.45) is 1.61. The Morgan fingerprint density at radius 3 is 2.49 bits per heavy atom. The van der Waals surface area contributed by atoms with E-state index in [2.05, 4.69) is 19.9 Å². The molecule has 9 heteroatoms. The molecule has 3 aromatic carbocycles. The lowest BCUT2D eigenvalue weighted by molar-refractivity contribution is -0.122. The van der Waals surface area contributed by atoms with Crippen LogP contribution in [-0.2, 0) is 11.3 Å². The summed E-state index contributed by atoms with van der Waals surface area (Å²) in [7, 11) is 1.60. The van der Waals surface area contributed by atoms with Crippen molar-refractivity contribution < 1.29 is 14.3 Å². The second-order valence-corrected chi connectivity index (χ2v) is 8.80. The topological polar surface area (TPSA) is 97.3 Å². The van der Waals surface area contributed by atoms with Gasteiger partial charge in [0.25, 0.3) is 5.91 Å². The van der Waals surface area contributed by atoms with Crippen LogP contribution in [0.3, 0.4) is 0 Å². The summed E-state index contributed by atoms with van der Waals surface area (Å²) < 4.78 is 9.08. The predicted molar refractivity (Wildman–Crippen MR) is 142 cm³/mol. The number of fused-ring (bicyclic) bond motifs is 1. The van der Waals surface area contributed by atoms with Gasteiger partial charge in [-0.25, -0.2) is 0 Å². The molecule has 2 heterocycles. The third kappa shape index (κ3) is 5.17. The number of ether oxygens (including phenoxy) is 1. The first-order valence-electron chi connectivity index (χ1n) is 11.6. The highest BCUT2D eigenvalue weighted by atomic mass is 32.1. The van der Waals surface area contributed by atoms with Crippen molar-refractivity contribution in [2.45, 2.75) is 12.6 Å². The number of methoxy groups -OCH3 is 1. The molecular weight excluding hydrogens is 486 g/mol. The minimum Gasteiger partial charge on any atom is -0.497 e. The molecule has 5 aromatic rings. The fraction of sp³-hybridized carbons (Fsp3) is 0.107. The maximum atomic E-state index is 13.9. The Kier molecular flexibility index (Phi) is 7.14. The lowest BCUT2D eigenvalue weighted by atomic mass is 10.0. The first-order chi connectivity index (χ1) is 18.2. The molecular formula is C28H23N5O3S. The number of pyridine rings is 1. The Hall–Kier alpha value is -4.63. The lowest BCUT2D eigenvalue weighted by Crippen LogP contribution is -2.44. The van der Waals surface area contributed by atoms with Gasteiger partial charge in [0.2, 0.25) is 5.91 Å². The van der Waals surface area contributed by atoms with E-state index in [4.69, 9.17) is 4.74 Å². The number of amides is 2. The Bertz CT molecular complexity index is 1500. The number of carbonyl (C=O) groups excluding carboxylic acids is 2. The number of nitrogens with one attached hydrogen (secondary N) is 1. The molecule has 2 aromatic heterocycles. The zero-order valence-corrected chi connectivity index (χ0v) is 20.8. The van der Waals surface area contributed by atoms with Crippen LogP contribution in [-0.4, -0.2) is 33.5 Å². The fourth-order valence-corrected chi connectivity index (χ4v) is 4.55. The summed E-state index contributed by atoms with van der Waals surface area (Å²) in [5.74, 6) is -0.0922. The van der Waals surface area contributed by atoms with Gasteiger partial charge in [0.1, 0.15) is 5.75 Å². The van der Waals surface area contributed by atoms with Crippen molar-refractivity contribution in [2.24, 2.45) is 0 Å². The van der Waals surface area contributed by atoms with Crippen LogP contribution in [0.2, 0.25) is 0 Å². The maximum Gasteiger partial charge on any atom is 0.280 e. The summed E-state index contributed by atoms with van der Waals surface area (Å²) in [5.41, 5.74) is 2.05. The standard InChI is InChI=1S/C28H23N5O3S/c1-36-21-14-12-19(13-15-21)17-30-27(34)26(23-10-4-5-16-29-23)33(28(35)24-18-37-32-31-24)25-11-6-8-20-7-2-3-9-22(20)25/h2-16,18,26H,17H2,1H3,(H,30,34)/t26-/m0/s1. The van der Waals surface area contributed by atoms with E-state index < -0.39 is 11.9 Å². The molecule has 0 unspecified atom stereocenters. The Balaban J connectivity index is 1.59. The largest absolute Gasteiger partial charge is 0.497 e. The van der Waals surface area contributed by atoms with E-state index in [1.165, 1.54) is 4.90 Å². The average molecular weight is 510 g/mol. The van der Waals surface area contributed by atoms with Crippen LogP contribution in [0.4, 0.5) is 5.69 Å². The normalized spacial score (nSPS) is 11.6. The highest BCUT2D eigenvalue weighted by Crippen LogP contribution is 2.34. The highest BCUT2D eigenvalue weighted by molar-refractivity contribution is 7.03. The van der Waals surface area contributed by atoms with E-state index >= 15 is 0 Å². The van der Waals surface area contributed by atoms with Crippen LogP contribution < -0.4 is 15.0 Å². The quantitative estimate of drug-likeness (QED) is 0.323. The Morgan fingerprint density at radius 1 is 0.973 bits per heavy atom. The van der Waals surface area contributed by atoms with Crippen molar-refractivity contribution in [1.82, 2.24) is 19.9 Å². The summed E-state index contributed by atoms with van der Waals surface area (Å²) in [4.78, 5) is 33.7. The van der Waals surface area contributed by atoms with Gasteiger partial charge >= 0.3 is 0 Å². The second kappa shape index (κ2) is 11.0. The zero-order valence-electron chi connectivity index (χ0n) is 19.9. The molecule has 1 atom stereocenters. The molecule has 2 amide bonds. The summed E-state index contributed by atoms with van der Waals surface area (Å²) >= 11 is 1.08. The first kappa shape index (κ1) is 24.1. The van der Waals surface area contributed by atoms with Crippen molar-refractivity contribution in [3.63, 3.8) is 0 Å². The van der Waals surface area contributed by atoms with Gasteiger partial charge < -0.3 is 10.1 Å². The highest BCUT2D eigenvalue weighted by Gasteiger charge is 2.36. The van der Waals surface area contributed by atoms with Crippen molar-refractivity contribution in [1.29, 1.82) is 0 Å². The van der Waals surface area contributed by atoms with Crippen molar-refractivity contribution in [3.05, 3.63) is 113 Å². The van der Waals surface area contributed by atoms with E-state index in [1.807, 2.05) is 66.7 Å². The van der Waals surface area contributed by atoms with Gasteiger partial charge in [-0.2, -0.15) is 0 Å². The molecule has 0 radical (unpaired) electrons. The molecule has 0 spiro atoms. The average Bonchev–Trinajstić information content (AvgIpc) is 3.50. The van der Waals surface area contributed by atoms with Gasteiger partial charge in [-0.15, -0.1) is 5.10 Å².